The topological polar surface area (TPSA) is 73.5 Å². The summed E-state index contributed by atoms with van der Waals surface area (Å²) < 4.78 is 13.9. The zero-order valence-electron chi connectivity index (χ0n) is 24.6. The van der Waals surface area contributed by atoms with Crippen molar-refractivity contribution in [2.45, 2.75) is 50.0 Å². The second-order valence-corrected chi connectivity index (χ2v) is 12.8. The quantitative estimate of drug-likeness (QED) is 0.231. The van der Waals surface area contributed by atoms with Gasteiger partial charge in [-0.25, -0.2) is 0 Å². The van der Waals surface area contributed by atoms with Crippen LogP contribution in [0.3, 0.4) is 0 Å². The van der Waals surface area contributed by atoms with E-state index >= 15 is 0 Å². The Hall–Kier alpha value is -4.83. The number of likely N-dealkylation sites (N-methyl/N-ethyl adjacent to an activating group) is 2. The van der Waals surface area contributed by atoms with E-state index in [1.54, 1.807) is 0 Å². The Bertz CT molecular complexity index is 1970. The molecule has 0 saturated heterocycles. The van der Waals surface area contributed by atoms with Gasteiger partial charge in [0.25, 0.3) is 0 Å². The highest BCUT2D eigenvalue weighted by atomic mass is 16.5. The summed E-state index contributed by atoms with van der Waals surface area (Å²) in [5, 5.41) is 11.7. The SMILES string of the molecule is CN1c2ccccc2C(C)(C)C12C=Nc1cc3c(cc1O2)N(C)C1(C=Nc2c(cc(C#N)c4ccccc24)O1)C3(C)C. The number of benzene rings is 4. The fraction of sp³-hybridized carbons (Fsp3) is 0.286. The first-order chi connectivity index (χ1) is 20.1. The van der Waals surface area contributed by atoms with Gasteiger partial charge in [-0.05, 0) is 51.0 Å². The van der Waals surface area contributed by atoms with E-state index in [1.165, 1.54) is 5.56 Å². The first kappa shape index (κ1) is 24.9. The molecule has 4 aromatic rings. The summed E-state index contributed by atoms with van der Waals surface area (Å²) in [5.41, 5.74) is 4.06. The number of nitrogens with zero attached hydrogens (tertiary/aromatic N) is 5. The van der Waals surface area contributed by atoms with Crippen LogP contribution in [-0.4, -0.2) is 38.0 Å². The highest BCUT2D eigenvalue weighted by Gasteiger charge is 2.61. The summed E-state index contributed by atoms with van der Waals surface area (Å²) in [6.07, 6.45) is 3.88. The van der Waals surface area contributed by atoms with Crippen molar-refractivity contribution < 1.29 is 9.47 Å². The molecule has 2 atom stereocenters. The van der Waals surface area contributed by atoms with Gasteiger partial charge < -0.3 is 19.3 Å². The van der Waals surface area contributed by atoms with Crippen molar-refractivity contribution in [3.8, 4) is 17.6 Å². The van der Waals surface area contributed by atoms with Gasteiger partial charge in [-0.2, -0.15) is 5.26 Å². The normalized spacial score (nSPS) is 25.1. The Morgan fingerprint density at radius 2 is 1.31 bits per heavy atom. The molecule has 0 aliphatic carbocycles. The van der Waals surface area contributed by atoms with Crippen LogP contribution < -0.4 is 19.3 Å². The fourth-order valence-corrected chi connectivity index (χ4v) is 7.62. The summed E-state index contributed by atoms with van der Waals surface area (Å²) in [6.45, 7) is 8.77. The average Bonchev–Trinajstić information content (AvgIpc) is 3.26. The van der Waals surface area contributed by atoms with Gasteiger partial charge in [-0.15, -0.1) is 0 Å². The maximum absolute atomic E-state index is 9.93. The van der Waals surface area contributed by atoms with Crippen LogP contribution in [0.1, 0.15) is 44.4 Å². The van der Waals surface area contributed by atoms with Crippen LogP contribution in [0.15, 0.2) is 76.7 Å². The first-order valence-corrected chi connectivity index (χ1v) is 14.3. The monoisotopic (exact) mass is 553 g/mol. The molecule has 0 radical (unpaired) electrons. The predicted molar refractivity (Wildman–Crippen MR) is 167 cm³/mol. The average molecular weight is 554 g/mol. The molecular formula is C35H31N5O2. The number of para-hydroxylation sites is 1. The minimum absolute atomic E-state index is 0.338. The summed E-state index contributed by atoms with van der Waals surface area (Å²) in [7, 11) is 4.11. The lowest BCUT2D eigenvalue weighted by atomic mass is 9.76. The van der Waals surface area contributed by atoms with E-state index in [0.29, 0.717) is 11.3 Å². The molecule has 7 heteroatoms. The fourth-order valence-electron chi connectivity index (χ4n) is 7.62. The third kappa shape index (κ3) is 2.71. The summed E-state index contributed by atoms with van der Waals surface area (Å²) in [6, 6.07) is 24.7. The minimum atomic E-state index is -0.914. The molecule has 0 amide bonds. The predicted octanol–water partition coefficient (Wildman–Crippen LogP) is 7.15. The van der Waals surface area contributed by atoms with E-state index in [4.69, 9.17) is 19.5 Å². The van der Waals surface area contributed by atoms with Gasteiger partial charge in [0.1, 0.15) is 11.4 Å². The summed E-state index contributed by atoms with van der Waals surface area (Å²) in [5.74, 6) is 1.33. The molecule has 2 unspecified atom stereocenters. The molecule has 4 aromatic carbocycles. The molecule has 0 saturated carbocycles. The lowest BCUT2D eigenvalue weighted by Crippen LogP contribution is -2.61. The van der Waals surface area contributed by atoms with E-state index in [2.05, 4.69) is 87.0 Å². The van der Waals surface area contributed by atoms with Crippen molar-refractivity contribution in [2.24, 2.45) is 9.98 Å². The van der Waals surface area contributed by atoms with Gasteiger partial charge in [-0.1, -0.05) is 42.5 Å². The maximum Gasteiger partial charge on any atom is 0.228 e. The smallest absolute Gasteiger partial charge is 0.228 e. The van der Waals surface area contributed by atoms with Gasteiger partial charge in [0, 0.05) is 48.4 Å². The third-order valence-electron chi connectivity index (χ3n) is 10.2. The van der Waals surface area contributed by atoms with Crippen LogP contribution in [0.5, 0.6) is 11.5 Å². The van der Waals surface area contributed by atoms with Crippen molar-refractivity contribution in [2.75, 3.05) is 23.9 Å². The standard InChI is InChI=1S/C35H31N5O2/c1-32(2)24-13-9-10-14-27(24)39(5)34(32)19-37-26-16-25-28(17-29(26)41-34)40(6)35(33(25,3)4)20-38-31-23-12-8-7-11-22(23)21(18-36)15-30(31)42-35/h7-17,19-20H,1-6H3. The van der Waals surface area contributed by atoms with Gasteiger partial charge in [0.05, 0.1) is 34.9 Å². The number of aliphatic imine (C=N–C) groups is 2. The number of hydrogen-bond acceptors (Lipinski definition) is 7. The number of fused-ring (bicyclic) bond motifs is 6. The second-order valence-electron chi connectivity index (χ2n) is 12.8. The Labute approximate surface area is 245 Å². The largest absolute Gasteiger partial charge is 0.459 e. The number of nitriles is 1. The molecule has 2 spiro atoms. The highest BCUT2D eigenvalue weighted by molar-refractivity contribution is 6.02. The third-order valence-corrected chi connectivity index (χ3v) is 10.2. The van der Waals surface area contributed by atoms with Gasteiger partial charge in [0.15, 0.2) is 11.5 Å². The molecule has 0 fully saturated rings. The van der Waals surface area contributed by atoms with Crippen molar-refractivity contribution in [1.82, 2.24) is 0 Å². The zero-order valence-corrected chi connectivity index (χ0v) is 24.6. The zero-order chi connectivity index (χ0) is 29.2. The Morgan fingerprint density at radius 3 is 2.05 bits per heavy atom. The Morgan fingerprint density at radius 1 is 0.690 bits per heavy atom. The van der Waals surface area contributed by atoms with Gasteiger partial charge >= 0.3 is 0 Å². The molecule has 7 nitrogen and oxygen atoms in total. The summed E-state index contributed by atoms with van der Waals surface area (Å²) >= 11 is 0. The van der Waals surface area contributed by atoms with E-state index in [-0.39, 0.29) is 5.41 Å². The van der Waals surface area contributed by atoms with E-state index in [9.17, 15) is 5.26 Å². The number of anilines is 2. The number of hydrogen-bond donors (Lipinski definition) is 0. The van der Waals surface area contributed by atoms with Crippen molar-refractivity contribution >= 4 is 46.0 Å². The van der Waals surface area contributed by atoms with Crippen LogP contribution in [0.25, 0.3) is 10.8 Å². The molecule has 0 bridgehead atoms. The molecule has 0 aromatic heterocycles. The van der Waals surface area contributed by atoms with Gasteiger partial charge in [-0.3, -0.25) is 9.98 Å². The molecule has 4 heterocycles. The van der Waals surface area contributed by atoms with Crippen molar-refractivity contribution in [3.63, 3.8) is 0 Å². The molecule has 0 N–H and O–H groups in total. The second kappa shape index (κ2) is 7.71. The summed E-state index contributed by atoms with van der Waals surface area (Å²) in [4.78, 5) is 14.4. The van der Waals surface area contributed by atoms with Crippen LogP contribution in [0.2, 0.25) is 0 Å². The highest BCUT2D eigenvalue weighted by Crippen LogP contribution is 2.59. The van der Waals surface area contributed by atoms with E-state index in [1.807, 2.05) is 49.8 Å². The number of ether oxygens (including phenoxy) is 2. The molecular weight excluding hydrogens is 522 g/mol. The van der Waals surface area contributed by atoms with Crippen LogP contribution in [0, 0.1) is 11.3 Å². The van der Waals surface area contributed by atoms with Crippen LogP contribution >= 0.6 is 0 Å². The van der Waals surface area contributed by atoms with Crippen LogP contribution in [0.4, 0.5) is 22.7 Å². The minimum Gasteiger partial charge on any atom is -0.459 e. The van der Waals surface area contributed by atoms with Crippen molar-refractivity contribution in [3.05, 3.63) is 83.4 Å². The van der Waals surface area contributed by atoms with E-state index in [0.717, 1.165) is 44.8 Å². The van der Waals surface area contributed by atoms with Gasteiger partial charge in [0.2, 0.25) is 11.4 Å². The van der Waals surface area contributed by atoms with Crippen molar-refractivity contribution in [1.29, 1.82) is 5.26 Å². The van der Waals surface area contributed by atoms with Crippen LogP contribution in [-0.2, 0) is 10.8 Å². The molecule has 208 valence electrons. The Balaban J connectivity index is 1.24. The molecule has 4 aliphatic heterocycles. The maximum atomic E-state index is 9.93. The lowest BCUT2D eigenvalue weighted by Gasteiger charge is -2.45. The number of rotatable bonds is 0. The first-order valence-electron chi connectivity index (χ1n) is 14.3. The van der Waals surface area contributed by atoms with E-state index < -0.39 is 16.9 Å². The molecule has 8 rings (SSSR count). The lowest BCUT2D eigenvalue weighted by molar-refractivity contribution is 0.0823. The molecule has 4 aliphatic rings. The Kier molecular flexibility index (Phi) is 4.58. The molecule has 42 heavy (non-hydrogen) atoms.